The number of methoxy groups -OCH3 is 1. The van der Waals surface area contributed by atoms with Crippen LogP contribution in [0.15, 0.2) is 29.3 Å². The normalized spacial score (nSPS) is 14.6. The minimum absolute atomic E-state index is 0. The molecular weight excluding hydrogens is 481 g/mol. The van der Waals surface area contributed by atoms with Crippen molar-refractivity contribution in [3.63, 3.8) is 0 Å². The molecular formula is C18H29ClIN5O2. The Balaban J connectivity index is 0.00000364. The molecule has 9 heteroatoms. The number of nitrogens with zero attached hydrogens (tertiary/aromatic N) is 3. The quantitative estimate of drug-likeness (QED) is 0.254. The van der Waals surface area contributed by atoms with Crippen LogP contribution in [0.1, 0.15) is 6.42 Å². The van der Waals surface area contributed by atoms with Gasteiger partial charge in [0.1, 0.15) is 0 Å². The fourth-order valence-electron chi connectivity index (χ4n) is 2.78. The molecule has 0 saturated carbocycles. The van der Waals surface area contributed by atoms with Gasteiger partial charge in [-0.3, -0.25) is 9.79 Å². The molecule has 1 aliphatic rings. The maximum Gasteiger partial charge on any atom is 0.242 e. The Hall–Kier alpha value is -1.26. The third kappa shape index (κ3) is 8.10. The van der Waals surface area contributed by atoms with E-state index in [2.05, 4.69) is 20.5 Å². The van der Waals surface area contributed by atoms with Gasteiger partial charge in [0, 0.05) is 64.2 Å². The largest absolute Gasteiger partial charge is 0.385 e. The zero-order valence-corrected chi connectivity index (χ0v) is 19.0. The number of carbonyl (C=O) groups excluding carboxylic acids is 1. The van der Waals surface area contributed by atoms with Gasteiger partial charge in [0.15, 0.2) is 5.96 Å². The second-order valence-corrected chi connectivity index (χ2v) is 6.48. The molecule has 2 N–H and O–H groups in total. The van der Waals surface area contributed by atoms with Gasteiger partial charge in [-0.25, -0.2) is 0 Å². The molecule has 1 fully saturated rings. The Morgan fingerprint density at radius 2 is 1.85 bits per heavy atom. The number of ether oxygens (including phenoxy) is 1. The van der Waals surface area contributed by atoms with Crippen molar-refractivity contribution in [2.75, 3.05) is 64.9 Å². The Labute approximate surface area is 183 Å². The van der Waals surface area contributed by atoms with Crippen LogP contribution in [0.3, 0.4) is 0 Å². The van der Waals surface area contributed by atoms with E-state index in [4.69, 9.17) is 16.3 Å². The number of nitrogens with one attached hydrogen (secondary N) is 2. The predicted octanol–water partition coefficient (Wildman–Crippen LogP) is 1.81. The second kappa shape index (κ2) is 13.0. The molecule has 1 aromatic carbocycles. The molecule has 0 bridgehead atoms. The van der Waals surface area contributed by atoms with Gasteiger partial charge in [-0.2, -0.15) is 0 Å². The van der Waals surface area contributed by atoms with Crippen molar-refractivity contribution < 1.29 is 9.53 Å². The third-order valence-corrected chi connectivity index (χ3v) is 4.52. The van der Waals surface area contributed by atoms with Crippen molar-refractivity contribution in [1.82, 2.24) is 15.5 Å². The number of hydrogen-bond donors (Lipinski definition) is 2. The predicted molar refractivity (Wildman–Crippen MR) is 122 cm³/mol. The van der Waals surface area contributed by atoms with E-state index in [9.17, 15) is 4.79 Å². The number of halogens is 2. The first-order valence-corrected chi connectivity index (χ1v) is 9.23. The molecule has 152 valence electrons. The first-order valence-electron chi connectivity index (χ1n) is 8.86. The van der Waals surface area contributed by atoms with Gasteiger partial charge in [-0.05, 0) is 30.7 Å². The molecule has 1 amide bonds. The number of rotatable bonds is 7. The molecule has 2 rings (SSSR count). The molecule has 1 aromatic rings. The van der Waals surface area contributed by atoms with Crippen LogP contribution >= 0.6 is 35.6 Å². The summed E-state index contributed by atoms with van der Waals surface area (Å²) in [7, 11) is 3.37. The van der Waals surface area contributed by atoms with E-state index in [1.807, 2.05) is 29.2 Å². The SMILES string of the molecule is CN=C(NCCCOC)NCC(=O)N1CCN(c2ccc(Cl)cc2)CC1.I. The third-order valence-electron chi connectivity index (χ3n) is 4.27. The number of carbonyl (C=O) groups is 1. The second-order valence-electron chi connectivity index (χ2n) is 6.04. The van der Waals surface area contributed by atoms with E-state index in [-0.39, 0.29) is 36.4 Å². The lowest BCUT2D eigenvalue weighted by Crippen LogP contribution is -2.52. The van der Waals surface area contributed by atoms with E-state index in [1.165, 1.54) is 0 Å². The topological polar surface area (TPSA) is 69.2 Å². The molecule has 0 spiro atoms. The molecule has 0 unspecified atom stereocenters. The molecule has 0 aliphatic carbocycles. The molecule has 1 heterocycles. The number of benzene rings is 1. The zero-order valence-electron chi connectivity index (χ0n) is 15.9. The van der Waals surface area contributed by atoms with Crippen molar-refractivity contribution in [1.29, 1.82) is 0 Å². The molecule has 0 aromatic heterocycles. The molecule has 1 aliphatic heterocycles. The summed E-state index contributed by atoms with van der Waals surface area (Å²) in [4.78, 5) is 20.7. The zero-order chi connectivity index (χ0) is 18.8. The van der Waals surface area contributed by atoms with E-state index in [1.54, 1.807) is 14.2 Å². The molecule has 1 saturated heterocycles. The lowest BCUT2D eigenvalue weighted by Gasteiger charge is -2.36. The number of piperazine rings is 1. The standard InChI is InChI=1S/C18H28ClN5O2.HI/c1-20-18(21-8-3-13-26-2)22-14-17(25)24-11-9-23(10-12-24)16-6-4-15(19)5-7-16;/h4-7H,3,8-14H2,1-2H3,(H2,20,21,22);1H. The number of aliphatic imine (C=N–C) groups is 1. The molecule has 7 nitrogen and oxygen atoms in total. The highest BCUT2D eigenvalue weighted by Gasteiger charge is 2.21. The van der Waals surface area contributed by atoms with Crippen LogP contribution in [0, 0.1) is 0 Å². The van der Waals surface area contributed by atoms with Crippen LogP contribution in [0.2, 0.25) is 5.02 Å². The fourth-order valence-corrected chi connectivity index (χ4v) is 2.91. The smallest absolute Gasteiger partial charge is 0.242 e. The van der Waals surface area contributed by atoms with Crippen LogP contribution < -0.4 is 15.5 Å². The maximum absolute atomic E-state index is 12.4. The summed E-state index contributed by atoms with van der Waals surface area (Å²) >= 11 is 5.94. The average molecular weight is 510 g/mol. The van der Waals surface area contributed by atoms with Crippen molar-refractivity contribution in [2.45, 2.75) is 6.42 Å². The van der Waals surface area contributed by atoms with Gasteiger partial charge in [0.2, 0.25) is 5.91 Å². The highest BCUT2D eigenvalue weighted by molar-refractivity contribution is 14.0. The van der Waals surface area contributed by atoms with Gasteiger partial charge in [-0.1, -0.05) is 11.6 Å². The summed E-state index contributed by atoms with van der Waals surface area (Å²) in [5, 5.41) is 6.97. The first-order chi connectivity index (χ1) is 12.6. The fraction of sp³-hybridized carbons (Fsp3) is 0.556. The highest BCUT2D eigenvalue weighted by Crippen LogP contribution is 2.19. The Kier molecular flexibility index (Phi) is 11.5. The summed E-state index contributed by atoms with van der Waals surface area (Å²) < 4.78 is 5.01. The van der Waals surface area contributed by atoms with Gasteiger partial charge in [0.05, 0.1) is 6.54 Å². The first kappa shape index (κ1) is 23.8. The van der Waals surface area contributed by atoms with Crippen LogP contribution in [0.5, 0.6) is 0 Å². The summed E-state index contributed by atoms with van der Waals surface area (Å²) in [5.74, 6) is 0.717. The Morgan fingerprint density at radius 3 is 2.44 bits per heavy atom. The van der Waals surface area contributed by atoms with Gasteiger partial charge in [0.25, 0.3) is 0 Å². The maximum atomic E-state index is 12.4. The summed E-state index contributed by atoms with van der Waals surface area (Å²) in [6.45, 7) is 4.74. The Morgan fingerprint density at radius 1 is 1.19 bits per heavy atom. The number of guanidine groups is 1. The summed E-state index contributed by atoms with van der Waals surface area (Å²) in [6.07, 6.45) is 0.887. The summed E-state index contributed by atoms with van der Waals surface area (Å²) in [6, 6.07) is 7.81. The monoisotopic (exact) mass is 509 g/mol. The van der Waals surface area contributed by atoms with Crippen molar-refractivity contribution in [2.24, 2.45) is 4.99 Å². The lowest BCUT2D eigenvalue weighted by molar-refractivity contribution is -0.130. The Bertz CT molecular complexity index is 592. The van der Waals surface area contributed by atoms with E-state index in [0.717, 1.165) is 36.8 Å². The van der Waals surface area contributed by atoms with Crippen LogP contribution in [-0.4, -0.2) is 76.8 Å². The number of anilines is 1. The summed E-state index contributed by atoms with van der Waals surface area (Å²) in [5.41, 5.74) is 1.14. The van der Waals surface area contributed by atoms with Crippen LogP contribution in [-0.2, 0) is 9.53 Å². The number of hydrogen-bond acceptors (Lipinski definition) is 4. The van der Waals surface area contributed by atoms with Crippen molar-refractivity contribution >= 4 is 53.1 Å². The minimum atomic E-state index is 0. The van der Waals surface area contributed by atoms with E-state index >= 15 is 0 Å². The minimum Gasteiger partial charge on any atom is -0.385 e. The van der Waals surface area contributed by atoms with E-state index < -0.39 is 0 Å². The van der Waals surface area contributed by atoms with Crippen molar-refractivity contribution in [3.05, 3.63) is 29.3 Å². The van der Waals surface area contributed by atoms with Crippen LogP contribution in [0.4, 0.5) is 5.69 Å². The number of amides is 1. The average Bonchev–Trinajstić information content (AvgIpc) is 2.68. The molecule has 0 atom stereocenters. The lowest BCUT2D eigenvalue weighted by atomic mass is 10.2. The van der Waals surface area contributed by atoms with Gasteiger partial charge < -0.3 is 25.2 Å². The van der Waals surface area contributed by atoms with E-state index in [0.29, 0.717) is 25.7 Å². The van der Waals surface area contributed by atoms with Gasteiger partial charge >= 0.3 is 0 Å². The highest BCUT2D eigenvalue weighted by atomic mass is 127. The molecule has 27 heavy (non-hydrogen) atoms. The molecule has 0 radical (unpaired) electrons. The van der Waals surface area contributed by atoms with Crippen LogP contribution in [0.25, 0.3) is 0 Å². The van der Waals surface area contributed by atoms with Gasteiger partial charge in [-0.15, -0.1) is 24.0 Å². The van der Waals surface area contributed by atoms with Crippen molar-refractivity contribution in [3.8, 4) is 0 Å².